The van der Waals surface area contributed by atoms with E-state index in [0.717, 1.165) is 22.9 Å². The molecule has 0 atom stereocenters. The van der Waals surface area contributed by atoms with E-state index in [2.05, 4.69) is 26.3 Å². The van der Waals surface area contributed by atoms with Crippen LogP contribution in [0, 0.1) is 17.1 Å². The standard InChI is InChI=1S/C16H9FN6S/c17-13-2-1-3-19-16(13)24-14-4-10(12-6-20-21-7-12)9-23-15(14)11(5-18)8-22-23/h1-4,6-9H,(H,20,21). The number of halogens is 1. The Kier molecular flexibility index (Phi) is 3.48. The number of nitrogens with zero attached hydrogens (tertiary/aromatic N) is 5. The summed E-state index contributed by atoms with van der Waals surface area (Å²) in [6, 6.07) is 6.89. The third kappa shape index (κ3) is 2.41. The molecule has 24 heavy (non-hydrogen) atoms. The summed E-state index contributed by atoms with van der Waals surface area (Å²) in [5.41, 5.74) is 2.77. The fourth-order valence-electron chi connectivity index (χ4n) is 2.36. The van der Waals surface area contributed by atoms with Crippen LogP contribution in [0.1, 0.15) is 5.56 Å². The molecule has 0 aliphatic carbocycles. The van der Waals surface area contributed by atoms with Crippen LogP contribution in [-0.4, -0.2) is 24.8 Å². The van der Waals surface area contributed by atoms with Gasteiger partial charge in [-0.1, -0.05) is 11.8 Å². The molecule has 0 radical (unpaired) electrons. The van der Waals surface area contributed by atoms with Gasteiger partial charge in [-0.05, 0) is 18.2 Å². The topological polar surface area (TPSA) is 82.7 Å². The molecule has 0 saturated carbocycles. The van der Waals surface area contributed by atoms with Crippen molar-refractivity contribution in [3.05, 3.63) is 60.6 Å². The summed E-state index contributed by atoms with van der Waals surface area (Å²) in [5, 5.41) is 20.5. The van der Waals surface area contributed by atoms with Crippen LogP contribution in [0.25, 0.3) is 16.6 Å². The van der Waals surface area contributed by atoms with E-state index >= 15 is 0 Å². The number of nitrogens with one attached hydrogen (secondary N) is 1. The molecule has 8 heteroatoms. The van der Waals surface area contributed by atoms with Gasteiger partial charge in [-0.15, -0.1) is 0 Å². The lowest BCUT2D eigenvalue weighted by Gasteiger charge is -2.08. The predicted octanol–water partition coefficient (Wildman–Crippen LogP) is 3.28. The summed E-state index contributed by atoms with van der Waals surface area (Å²) in [7, 11) is 0. The molecule has 0 fully saturated rings. The maximum Gasteiger partial charge on any atom is 0.155 e. The molecule has 0 amide bonds. The Morgan fingerprint density at radius 3 is 2.96 bits per heavy atom. The zero-order valence-corrected chi connectivity index (χ0v) is 13.0. The van der Waals surface area contributed by atoms with Crippen molar-refractivity contribution in [3.8, 4) is 17.2 Å². The summed E-state index contributed by atoms with van der Waals surface area (Å²) >= 11 is 1.16. The first-order chi connectivity index (χ1) is 11.8. The Morgan fingerprint density at radius 2 is 2.21 bits per heavy atom. The molecule has 116 valence electrons. The number of hydrogen-bond acceptors (Lipinski definition) is 5. The van der Waals surface area contributed by atoms with E-state index in [4.69, 9.17) is 0 Å². The third-order valence-corrected chi connectivity index (χ3v) is 4.49. The fourth-order valence-corrected chi connectivity index (χ4v) is 3.33. The van der Waals surface area contributed by atoms with Gasteiger partial charge >= 0.3 is 0 Å². The van der Waals surface area contributed by atoms with Crippen molar-refractivity contribution in [2.75, 3.05) is 0 Å². The molecule has 6 nitrogen and oxygen atoms in total. The van der Waals surface area contributed by atoms with Crippen LogP contribution in [0.4, 0.5) is 4.39 Å². The maximum absolute atomic E-state index is 14.0. The number of aromatic nitrogens is 5. The molecule has 4 aromatic heterocycles. The van der Waals surface area contributed by atoms with Crippen molar-refractivity contribution >= 4 is 17.3 Å². The smallest absolute Gasteiger partial charge is 0.155 e. The molecule has 1 N–H and O–H groups in total. The van der Waals surface area contributed by atoms with Gasteiger partial charge in [-0.25, -0.2) is 13.9 Å². The van der Waals surface area contributed by atoms with E-state index < -0.39 is 5.82 Å². The van der Waals surface area contributed by atoms with Gasteiger partial charge in [0.05, 0.1) is 23.5 Å². The van der Waals surface area contributed by atoms with E-state index in [-0.39, 0.29) is 5.03 Å². The first-order valence-corrected chi connectivity index (χ1v) is 7.77. The SMILES string of the molecule is N#Cc1cnn2cc(-c3cn[nH]c3)cc(Sc3ncccc3F)c12. The zero-order chi connectivity index (χ0) is 16.5. The quantitative estimate of drug-likeness (QED) is 0.621. The lowest BCUT2D eigenvalue weighted by molar-refractivity contribution is 0.588. The molecule has 0 unspecified atom stereocenters. The number of H-pyrrole nitrogens is 1. The van der Waals surface area contributed by atoms with Crippen LogP contribution < -0.4 is 0 Å². The maximum atomic E-state index is 14.0. The van der Waals surface area contributed by atoms with Gasteiger partial charge in [0.2, 0.25) is 0 Å². The van der Waals surface area contributed by atoms with Gasteiger partial charge in [-0.2, -0.15) is 15.5 Å². The second-order valence-electron chi connectivity index (χ2n) is 4.94. The van der Waals surface area contributed by atoms with Crippen LogP contribution >= 0.6 is 11.8 Å². The molecule has 4 rings (SSSR count). The highest BCUT2D eigenvalue weighted by molar-refractivity contribution is 7.99. The van der Waals surface area contributed by atoms with E-state index in [1.807, 2.05) is 6.07 Å². The third-order valence-electron chi connectivity index (χ3n) is 3.46. The second-order valence-corrected chi connectivity index (χ2v) is 5.97. The molecule has 4 heterocycles. The fraction of sp³-hybridized carbons (Fsp3) is 0. The van der Waals surface area contributed by atoms with Crippen LogP contribution in [-0.2, 0) is 0 Å². The number of hydrogen-bond donors (Lipinski definition) is 1. The van der Waals surface area contributed by atoms with Gasteiger partial charge < -0.3 is 0 Å². The highest BCUT2D eigenvalue weighted by Gasteiger charge is 2.15. The summed E-state index contributed by atoms with van der Waals surface area (Å²) in [6.07, 6.45) is 8.27. The van der Waals surface area contributed by atoms with E-state index in [9.17, 15) is 9.65 Å². The van der Waals surface area contributed by atoms with Crippen molar-refractivity contribution in [1.29, 1.82) is 5.26 Å². The van der Waals surface area contributed by atoms with Gasteiger partial charge in [0, 0.05) is 34.6 Å². The summed E-state index contributed by atoms with van der Waals surface area (Å²) in [4.78, 5) is 4.76. The average Bonchev–Trinajstić information content (AvgIpc) is 3.26. The van der Waals surface area contributed by atoms with Crippen molar-refractivity contribution in [2.45, 2.75) is 9.92 Å². The normalized spacial score (nSPS) is 10.8. The Hall–Kier alpha value is -3.18. The molecular formula is C16H9FN6S. The summed E-state index contributed by atoms with van der Waals surface area (Å²) in [5.74, 6) is -0.410. The van der Waals surface area contributed by atoms with Crippen LogP contribution in [0.5, 0.6) is 0 Å². The number of aromatic amines is 1. The highest BCUT2D eigenvalue weighted by Crippen LogP contribution is 2.35. The van der Waals surface area contributed by atoms with E-state index in [1.165, 1.54) is 24.5 Å². The van der Waals surface area contributed by atoms with Crippen molar-refractivity contribution in [3.63, 3.8) is 0 Å². The first-order valence-electron chi connectivity index (χ1n) is 6.95. The van der Waals surface area contributed by atoms with Crippen molar-refractivity contribution < 1.29 is 4.39 Å². The minimum Gasteiger partial charge on any atom is -0.285 e. The second kappa shape index (κ2) is 5.79. The lowest BCUT2D eigenvalue weighted by atomic mass is 10.1. The Labute approximate surface area is 140 Å². The number of nitriles is 1. The molecule has 0 aliphatic heterocycles. The van der Waals surface area contributed by atoms with E-state index in [1.54, 1.807) is 23.1 Å². The summed E-state index contributed by atoms with van der Waals surface area (Å²) in [6.45, 7) is 0. The minimum absolute atomic E-state index is 0.244. The number of fused-ring (bicyclic) bond motifs is 1. The molecule has 0 bridgehead atoms. The van der Waals surface area contributed by atoms with E-state index in [0.29, 0.717) is 16.0 Å². The molecule has 0 aromatic carbocycles. The number of rotatable bonds is 3. The van der Waals surface area contributed by atoms with Gasteiger partial charge in [0.15, 0.2) is 5.82 Å². The van der Waals surface area contributed by atoms with Crippen molar-refractivity contribution in [1.82, 2.24) is 24.8 Å². The predicted molar refractivity (Wildman–Crippen MR) is 85.8 cm³/mol. The highest BCUT2D eigenvalue weighted by atomic mass is 32.2. The van der Waals surface area contributed by atoms with Crippen LogP contribution in [0.2, 0.25) is 0 Å². The van der Waals surface area contributed by atoms with Crippen molar-refractivity contribution in [2.24, 2.45) is 0 Å². The molecular weight excluding hydrogens is 327 g/mol. The number of pyridine rings is 2. The Balaban J connectivity index is 1.93. The molecule has 4 aromatic rings. The molecule has 0 spiro atoms. The average molecular weight is 336 g/mol. The Morgan fingerprint density at radius 1 is 1.29 bits per heavy atom. The van der Waals surface area contributed by atoms with Crippen LogP contribution in [0.3, 0.4) is 0 Å². The van der Waals surface area contributed by atoms with Gasteiger partial charge in [-0.3, -0.25) is 5.10 Å². The van der Waals surface area contributed by atoms with Crippen LogP contribution in [0.15, 0.2) is 59.1 Å². The largest absolute Gasteiger partial charge is 0.285 e. The van der Waals surface area contributed by atoms with Gasteiger partial charge in [0.1, 0.15) is 11.1 Å². The molecule has 0 aliphatic rings. The summed E-state index contributed by atoms with van der Waals surface area (Å²) < 4.78 is 15.6. The lowest BCUT2D eigenvalue weighted by Crippen LogP contribution is -1.93. The molecule has 0 saturated heterocycles. The monoisotopic (exact) mass is 336 g/mol. The zero-order valence-electron chi connectivity index (χ0n) is 12.1. The minimum atomic E-state index is -0.410. The first kappa shape index (κ1) is 14.4. The van der Waals surface area contributed by atoms with Gasteiger partial charge in [0.25, 0.3) is 0 Å². The Bertz CT molecular complexity index is 1060.